The van der Waals surface area contributed by atoms with Gasteiger partial charge in [0.2, 0.25) is 5.91 Å². The number of rotatable bonds is 9. The Hall–Kier alpha value is -3.35. The second-order valence-corrected chi connectivity index (χ2v) is 9.54. The summed E-state index contributed by atoms with van der Waals surface area (Å²) in [6.07, 6.45) is 1.28. The summed E-state index contributed by atoms with van der Waals surface area (Å²) < 4.78 is 5.66. The van der Waals surface area contributed by atoms with Gasteiger partial charge in [-0.15, -0.1) is 0 Å². The van der Waals surface area contributed by atoms with Gasteiger partial charge in [0.15, 0.2) is 0 Å². The van der Waals surface area contributed by atoms with Gasteiger partial charge in [0.05, 0.1) is 0 Å². The molecule has 1 aliphatic carbocycles. The van der Waals surface area contributed by atoms with Crippen LogP contribution < -0.4 is 5.32 Å². The maximum atomic E-state index is 13.2. The third-order valence-electron chi connectivity index (χ3n) is 6.95. The maximum absolute atomic E-state index is 13.2. The van der Waals surface area contributed by atoms with Crippen molar-refractivity contribution in [1.82, 2.24) is 10.2 Å². The predicted octanol–water partition coefficient (Wildman–Crippen LogP) is 4.41. The first kappa shape index (κ1) is 23.8. The summed E-state index contributed by atoms with van der Waals surface area (Å²) in [7, 11) is 0. The molecule has 1 saturated heterocycles. The number of carbonyl (C=O) groups excluding carboxylic acids is 2. The number of carbonyl (C=O) groups is 3. The van der Waals surface area contributed by atoms with Crippen LogP contribution >= 0.6 is 0 Å². The highest BCUT2D eigenvalue weighted by Crippen LogP contribution is 2.44. The molecular weight excluding hydrogens is 432 g/mol. The van der Waals surface area contributed by atoms with Gasteiger partial charge in [0.25, 0.3) is 0 Å². The molecular formula is C27H32N2O5. The predicted molar refractivity (Wildman–Crippen MR) is 128 cm³/mol. The lowest BCUT2D eigenvalue weighted by molar-refractivity contribution is -0.145. The fourth-order valence-corrected chi connectivity index (χ4v) is 5.18. The van der Waals surface area contributed by atoms with Crippen LogP contribution in [-0.2, 0) is 14.3 Å². The average Bonchev–Trinajstić information content (AvgIpc) is 3.10. The highest BCUT2D eigenvalue weighted by molar-refractivity contribution is 5.90. The van der Waals surface area contributed by atoms with Gasteiger partial charge in [0.1, 0.15) is 12.1 Å². The lowest BCUT2D eigenvalue weighted by atomic mass is 9.88. The van der Waals surface area contributed by atoms with Crippen molar-refractivity contribution in [3.05, 3.63) is 59.7 Å². The zero-order chi connectivity index (χ0) is 24.3. The number of benzene rings is 2. The molecule has 2 amide bonds. The number of amides is 2. The topological polar surface area (TPSA) is 95.9 Å². The summed E-state index contributed by atoms with van der Waals surface area (Å²) in [5, 5.41) is 11.7. The first-order valence-electron chi connectivity index (χ1n) is 12.0. The second kappa shape index (κ2) is 9.87. The minimum absolute atomic E-state index is 0.0448. The summed E-state index contributed by atoms with van der Waals surface area (Å²) in [4.78, 5) is 38.5. The van der Waals surface area contributed by atoms with Gasteiger partial charge in [-0.1, -0.05) is 61.9 Å². The van der Waals surface area contributed by atoms with E-state index in [1.807, 2.05) is 31.2 Å². The van der Waals surface area contributed by atoms with E-state index in [2.05, 4.69) is 29.6 Å². The van der Waals surface area contributed by atoms with E-state index in [1.54, 1.807) is 11.8 Å². The number of ether oxygens (including phenoxy) is 1. The zero-order valence-corrected chi connectivity index (χ0v) is 19.8. The molecule has 0 radical (unpaired) electrons. The summed E-state index contributed by atoms with van der Waals surface area (Å²) in [5.74, 6) is -0.816. The van der Waals surface area contributed by atoms with Crippen molar-refractivity contribution in [2.45, 2.75) is 51.0 Å². The van der Waals surface area contributed by atoms with Crippen molar-refractivity contribution in [2.24, 2.45) is 5.92 Å². The van der Waals surface area contributed by atoms with Gasteiger partial charge in [-0.25, -0.2) is 4.79 Å². The summed E-state index contributed by atoms with van der Waals surface area (Å²) in [6, 6.07) is 16.3. The number of nitrogens with zero attached hydrogens (tertiary/aromatic N) is 1. The molecule has 0 spiro atoms. The smallest absolute Gasteiger partial charge is 0.408 e. The lowest BCUT2D eigenvalue weighted by Gasteiger charge is -2.44. The number of alkyl carbamates (subject to hydrolysis) is 1. The maximum Gasteiger partial charge on any atom is 0.408 e. The lowest BCUT2D eigenvalue weighted by Crippen LogP contribution is -2.63. The SMILES string of the molecule is CCCC(C)(NC(=O)OCC1c2ccccc2-c2ccccc21)C(=O)N1CC(CCC(=O)O)C1. The molecule has 2 aliphatic rings. The third-order valence-corrected chi connectivity index (χ3v) is 6.95. The van der Waals surface area contributed by atoms with Crippen LogP contribution in [0.4, 0.5) is 4.79 Å². The molecule has 1 fully saturated rings. The van der Waals surface area contributed by atoms with Crippen molar-refractivity contribution in [1.29, 1.82) is 0 Å². The molecule has 0 aromatic heterocycles. The molecule has 1 atom stereocenters. The second-order valence-electron chi connectivity index (χ2n) is 9.54. The fourth-order valence-electron chi connectivity index (χ4n) is 5.18. The van der Waals surface area contributed by atoms with E-state index in [0.717, 1.165) is 28.7 Å². The van der Waals surface area contributed by atoms with E-state index < -0.39 is 17.6 Å². The number of hydrogen-bond donors (Lipinski definition) is 2. The molecule has 0 bridgehead atoms. The van der Waals surface area contributed by atoms with Crippen LogP contribution in [0.5, 0.6) is 0 Å². The van der Waals surface area contributed by atoms with Crippen molar-refractivity contribution in [3.63, 3.8) is 0 Å². The molecule has 0 saturated carbocycles. The number of hydrogen-bond acceptors (Lipinski definition) is 4. The standard InChI is InChI=1S/C27H32N2O5/c1-3-14-27(2,25(32)29-15-18(16-29)12-13-24(30)31)28-26(33)34-17-23-21-10-6-4-8-19(21)20-9-5-7-11-22(20)23/h4-11,18,23H,3,12-17H2,1-2H3,(H,28,33)(H,30,31). The van der Waals surface area contributed by atoms with Crippen LogP contribution in [0, 0.1) is 5.92 Å². The number of fused-ring (bicyclic) bond motifs is 3. The molecule has 4 rings (SSSR count). The first-order chi connectivity index (χ1) is 16.3. The van der Waals surface area contributed by atoms with Crippen LogP contribution in [0.25, 0.3) is 11.1 Å². The Labute approximate surface area is 200 Å². The van der Waals surface area contributed by atoms with E-state index in [1.165, 1.54) is 0 Å². The zero-order valence-electron chi connectivity index (χ0n) is 19.8. The Bertz CT molecular complexity index is 1030. The van der Waals surface area contributed by atoms with Crippen LogP contribution in [0.15, 0.2) is 48.5 Å². The van der Waals surface area contributed by atoms with Crippen LogP contribution in [0.1, 0.15) is 56.6 Å². The Morgan fingerprint density at radius 1 is 1.06 bits per heavy atom. The third kappa shape index (κ3) is 4.79. The van der Waals surface area contributed by atoms with Gasteiger partial charge in [-0.3, -0.25) is 9.59 Å². The minimum atomic E-state index is -1.06. The molecule has 1 heterocycles. The van der Waals surface area contributed by atoms with Gasteiger partial charge in [0, 0.05) is 25.4 Å². The molecule has 2 N–H and O–H groups in total. The molecule has 2 aromatic carbocycles. The number of carboxylic acid groups (broad SMARTS) is 1. The Balaban J connectivity index is 1.37. The highest BCUT2D eigenvalue weighted by atomic mass is 16.5. The van der Waals surface area contributed by atoms with Crippen LogP contribution in [-0.4, -0.2) is 53.2 Å². The Kier molecular flexibility index (Phi) is 6.91. The van der Waals surface area contributed by atoms with Gasteiger partial charge in [-0.05, 0) is 47.9 Å². The molecule has 2 aromatic rings. The van der Waals surface area contributed by atoms with E-state index in [9.17, 15) is 14.4 Å². The summed E-state index contributed by atoms with van der Waals surface area (Å²) >= 11 is 0. The van der Waals surface area contributed by atoms with Crippen molar-refractivity contribution in [3.8, 4) is 11.1 Å². The summed E-state index contributed by atoms with van der Waals surface area (Å²) in [5.41, 5.74) is 3.53. The average molecular weight is 465 g/mol. The van der Waals surface area contributed by atoms with Gasteiger partial charge >= 0.3 is 12.1 Å². The molecule has 1 aliphatic heterocycles. The van der Waals surface area contributed by atoms with E-state index >= 15 is 0 Å². The van der Waals surface area contributed by atoms with E-state index in [0.29, 0.717) is 25.9 Å². The molecule has 180 valence electrons. The van der Waals surface area contributed by atoms with Crippen LogP contribution in [0.2, 0.25) is 0 Å². The van der Waals surface area contributed by atoms with Crippen LogP contribution in [0.3, 0.4) is 0 Å². The number of carboxylic acids is 1. The molecule has 1 unspecified atom stereocenters. The Morgan fingerprint density at radius 3 is 2.21 bits per heavy atom. The molecule has 34 heavy (non-hydrogen) atoms. The van der Waals surface area contributed by atoms with E-state index in [4.69, 9.17) is 9.84 Å². The van der Waals surface area contributed by atoms with Gasteiger partial charge in [-0.2, -0.15) is 0 Å². The van der Waals surface area contributed by atoms with E-state index in [-0.39, 0.29) is 30.8 Å². The minimum Gasteiger partial charge on any atom is -0.481 e. The fraction of sp³-hybridized carbons (Fsp3) is 0.444. The highest BCUT2D eigenvalue weighted by Gasteiger charge is 2.42. The number of aliphatic carboxylic acids is 1. The molecule has 7 heteroatoms. The van der Waals surface area contributed by atoms with Crippen molar-refractivity contribution >= 4 is 18.0 Å². The Morgan fingerprint density at radius 2 is 1.65 bits per heavy atom. The summed E-state index contributed by atoms with van der Waals surface area (Å²) in [6.45, 7) is 4.95. The largest absolute Gasteiger partial charge is 0.481 e. The van der Waals surface area contributed by atoms with Gasteiger partial charge < -0.3 is 20.1 Å². The number of likely N-dealkylation sites (tertiary alicyclic amines) is 1. The monoisotopic (exact) mass is 464 g/mol. The first-order valence-corrected chi connectivity index (χ1v) is 12.0. The number of nitrogens with one attached hydrogen (secondary N) is 1. The van der Waals surface area contributed by atoms with Crippen molar-refractivity contribution in [2.75, 3.05) is 19.7 Å². The normalized spacial score (nSPS) is 16.7. The quantitative estimate of drug-likeness (QED) is 0.573. The molecule has 7 nitrogen and oxygen atoms in total. The van der Waals surface area contributed by atoms with Crippen molar-refractivity contribution < 1.29 is 24.2 Å².